The number of aromatic nitrogens is 2. The summed E-state index contributed by atoms with van der Waals surface area (Å²) >= 11 is 0. The summed E-state index contributed by atoms with van der Waals surface area (Å²) in [6.45, 7) is 2.52. The Morgan fingerprint density at radius 3 is 3.05 bits per heavy atom. The number of aliphatic hydroxyl groups excluding tert-OH is 1. The number of pyridine rings is 1. The van der Waals surface area contributed by atoms with E-state index in [9.17, 15) is 13.5 Å². The monoisotopic (exact) mass is 295 g/mol. The topological polar surface area (TPSA) is 86.3 Å². The molecule has 6 nitrogen and oxygen atoms in total. The van der Waals surface area contributed by atoms with Crippen LogP contribution in [0.3, 0.4) is 0 Å². The first-order valence-corrected chi connectivity index (χ1v) is 8.04. The van der Waals surface area contributed by atoms with Gasteiger partial charge in [-0.3, -0.25) is 0 Å². The molecule has 1 fully saturated rings. The minimum absolute atomic E-state index is 0.131. The molecule has 1 aliphatic heterocycles. The molecule has 0 amide bonds. The van der Waals surface area contributed by atoms with E-state index in [2.05, 4.69) is 9.97 Å². The third-order valence-electron chi connectivity index (χ3n) is 3.91. The lowest BCUT2D eigenvalue weighted by Gasteiger charge is -2.33. The minimum atomic E-state index is -3.60. The Bertz CT molecular complexity index is 725. The van der Waals surface area contributed by atoms with Crippen molar-refractivity contribution in [3.63, 3.8) is 0 Å². The molecule has 1 saturated heterocycles. The summed E-state index contributed by atoms with van der Waals surface area (Å²) < 4.78 is 26.7. The molecule has 108 valence electrons. The van der Waals surface area contributed by atoms with Crippen LogP contribution in [-0.2, 0) is 10.0 Å². The van der Waals surface area contributed by atoms with Gasteiger partial charge < -0.3 is 10.1 Å². The van der Waals surface area contributed by atoms with Gasteiger partial charge >= 0.3 is 0 Å². The molecule has 7 heteroatoms. The minimum Gasteiger partial charge on any atom is -0.391 e. The second kappa shape index (κ2) is 4.83. The van der Waals surface area contributed by atoms with Crippen molar-refractivity contribution >= 4 is 21.1 Å². The molecule has 2 unspecified atom stereocenters. The van der Waals surface area contributed by atoms with Gasteiger partial charge in [0.2, 0.25) is 10.0 Å². The van der Waals surface area contributed by atoms with Gasteiger partial charge in [0.05, 0.1) is 6.10 Å². The molecule has 0 aliphatic carbocycles. The number of hydrogen-bond donors (Lipinski definition) is 2. The first kappa shape index (κ1) is 13.5. The van der Waals surface area contributed by atoms with Gasteiger partial charge in [-0.1, -0.05) is 6.92 Å². The summed E-state index contributed by atoms with van der Waals surface area (Å²) in [5.74, 6) is 0.131. The number of sulfonamides is 1. The van der Waals surface area contributed by atoms with Crippen LogP contribution >= 0.6 is 0 Å². The van der Waals surface area contributed by atoms with Crippen LogP contribution < -0.4 is 0 Å². The second-order valence-corrected chi connectivity index (χ2v) is 7.16. The van der Waals surface area contributed by atoms with Gasteiger partial charge in [-0.15, -0.1) is 0 Å². The number of piperidine rings is 1. The number of fused-ring (bicyclic) bond motifs is 1. The Hall–Kier alpha value is -1.44. The number of β-amino-alcohol motifs (C(OH)–C–C–N with tert-alkyl or cyclic N) is 1. The molecular formula is C13H17N3O3S. The molecule has 2 atom stereocenters. The smallest absolute Gasteiger partial charge is 0.245 e. The SMILES string of the molecule is CC1CCN(S(=O)(=O)c2c[nH]c3ncccc23)CC1O. The van der Waals surface area contributed by atoms with E-state index in [4.69, 9.17) is 0 Å². The third kappa shape index (κ3) is 2.11. The highest BCUT2D eigenvalue weighted by molar-refractivity contribution is 7.89. The van der Waals surface area contributed by atoms with Gasteiger partial charge in [0.25, 0.3) is 0 Å². The lowest BCUT2D eigenvalue weighted by molar-refractivity contribution is 0.0605. The van der Waals surface area contributed by atoms with Gasteiger partial charge in [-0.05, 0) is 24.5 Å². The third-order valence-corrected chi connectivity index (χ3v) is 5.82. The Morgan fingerprint density at radius 1 is 1.50 bits per heavy atom. The van der Waals surface area contributed by atoms with E-state index in [0.29, 0.717) is 24.0 Å². The van der Waals surface area contributed by atoms with Crippen molar-refractivity contribution in [2.75, 3.05) is 13.1 Å². The van der Waals surface area contributed by atoms with E-state index in [1.54, 1.807) is 18.3 Å². The maximum Gasteiger partial charge on any atom is 0.245 e. The van der Waals surface area contributed by atoms with Crippen LogP contribution in [-0.4, -0.2) is 47.0 Å². The maximum atomic E-state index is 12.7. The maximum absolute atomic E-state index is 12.7. The second-order valence-electron chi connectivity index (χ2n) is 5.25. The molecule has 0 bridgehead atoms. The fraction of sp³-hybridized carbons (Fsp3) is 0.462. The predicted octanol–water partition coefficient (Wildman–Crippen LogP) is 0.954. The van der Waals surface area contributed by atoms with Crippen LogP contribution in [0.4, 0.5) is 0 Å². The van der Waals surface area contributed by atoms with Crippen LogP contribution in [0.25, 0.3) is 11.0 Å². The van der Waals surface area contributed by atoms with Crippen molar-refractivity contribution in [1.82, 2.24) is 14.3 Å². The molecule has 2 N–H and O–H groups in total. The average molecular weight is 295 g/mol. The highest BCUT2D eigenvalue weighted by Gasteiger charge is 2.34. The number of nitrogens with one attached hydrogen (secondary N) is 1. The quantitative estimate of drug-likeness (QED) is 0.864. The number of hydrogen-bond acceptors (Lipinski definition) is 4. The van der Waals surface area contributed by atoms with Crippen LogP contribution in [0.15, 0.2) is 29.4 Å². The lowest BCUT2D eigenvalue weighted by Crippen LogP contribution is -2.45. The Morgan fingerprint density at radius 2 is 2.30 bits per heavy atom. The first-order valence-electron chi connectivity index (χ1n) is 6.60. The van der Waals surface area contributed by atoms with E-state index in [-0.39, 0.29) is 17.4 Å². The molecule has 2 aromatic rings. The van der Waals surface area contributed by atoms with E-state index < -0.39 is 16.1 Å². The summed E-state index contributed by atoms with van der Waals surface area (Å²) in [4.78, 5) is 7.20. The van der Waals surface area contributed by atoms with E-state index in [1.807, 2.05) is 6.92 Å². The average Bonchev–Trinajstić information content (AvgIpc) is 2.86. The van der Waals surface area contributed by atoms with E-state index >= 15 is 0 Å². The number of H-pyrrole nitrogens is 1. The molecule has 3 heterocycles. The van der Waals surface area contributed by atoms with E-state index in [1.165, 1.54) is 10.5 Å². The number of nitrogens with zero attached hydrogens (tertiary/aromatic N) is 2. The highest BCUT2D eigenvalue weighted by Crippen LogP contribution is 2.27. The van der Waals surface area contributed by atoms with Crippen LogP contribution in [0.1, 0.15) is 13.3 Å². The summed E-state index contributed by atoms with van der Waals surface area (Å²) in [5, 5.41) is 10.5. The summed E-state index contributed by atoms with van der Waals surface area (Å²) in [5.41, 5.74) is 0.553. The molecular weight excluding hydrogens is 278 g/mol. The van der Waals surface area contributed by atoms with Gasteiger partial charge in [-0.2, -0.15) is 4.31 Å². The van der Waals surface area contributed by atoms with Gasteiger partial charge in [-0.25, -0.2) is 13.4 Å². The number of aliphatic hydroxyl groups is 1. The van der Waals surface area contributed by atoms with Crippen molar-refractivity contribution in [1.29, 1.82) is 0 Å². The summed E-state index contributed by atoms with van der Waals surface area (Å²) in [6, 6.07) is 3.44. The molecule has 0 radical (unpaired) electrons. The van der Waals surface area contributed by atoms with Crippen molar-refractivity contribution < 1.29 is 13.5 Å². The Kier molecular flexibility index (Phi) is 3.27. The normalized spacial score (nSPS) is 25.1. The van der Waals surface area contributed by atoms with Gasteiger partial charge in [0.1, 0.15) is 10.5 Å². The zero-order valence-corrected chi connectivity index (χ0v) is 12.0. The molecule has 3 rings (SSSR count). The van der Waals surface area contributed by atoms with Crippen LogP contribution in [0.5, 0.6) is 0 Å². The van der Waals surface area contributed by atoms with E-state index in [0.717, 1.165) is 0 Å². The van der Waals surface area contributed by atoms with Crippen LogP contribution in [0, 0.1) is 5.92 Å². The highest BCUT2D eigenvalue weighted by atomic mass is 32.2. The van der Waals surface area contributed by atoms with Crippen molar-refractivity contribution in [2.45, 2.75) is 24.3 Å². The fourth-order valence-electron chi connectivity index (χ4n) is 2.52. The molecule has 0 saturated carbocycles. The standard InChI is InChI=1S/C13H17N3O3S/c1-9-4-6-16(8-11(9)17)20(18,19)12-7-15-13-10(12)3-2-5-14-13/h2-3,5,7,9,11,17H,4,6,8H2,1H3,(H,14,15). The predicted molar refractivity (Wildman–Crippen MR) is 74.6 cm³/mol. The molecule has 0 aromatic carbocycles. The Balaban J connectivity index is 2.00. The van der Waals surface area contributed by atoms with Crippen LogP contribution in [0.2, 0.25) is 0 Å². The van der Waals surface area contributed by atoms with Crippen molar-refractivity contribution in [3.8, 4) is 0 Å². The van der Waals surface area contributed by atoms with Crippen molar-refractivity contribution in [2.24, 2.45) is 5.92 Å². The summed E-state index contributed by atoms with van der Waals surface area (Å²) in [7, 11) is -3.60. The number of aromatic amines is 1. The molecule has 1 aliphatic rings. The Labute approximate surface area is 117 Å². The molecule has 20 heavy (non-hydrogen) atoms. The molecule has 2 aromatic heterocycles. The van der Waals surface area contributed by atoms with Gasteiger partial charge in [0.15, 0.2) is 0 Å². The van der Waals surface area contributed by atoms with Crippen molar-refractivity contribution in [3.05, 3.63) is 24.5 Å². The first-order chi connectivity index (χ1) is 9.50. The number of rotatable bonds is 2. The lowest BCUT2D eigenvalue weighted by atomic mass is 9.98. The van der Waals surface area contributed by atoms with Gasteiger partial charge in [0, 0.05) is 30.9 Å². The summed E-state index contributed by atoms with van der Waals surface area (Å²) in [6.07, 6.45) is 3.14. The zero-order valence-electron chi connectivity index (χ0n) is 11.2. The largest absolute Gasteiger partial charge is 0.391 e. The fourth-order valence-corrected chi connectivity index (χ4v) is 4.14. The molecule has 0 spiro atoms. The zero-order chi connectivity index (χ0) is 14.3.